The number of benzene rings is 1. The molecular formula is C16H14ClNO4. The number of amides is 1. The van der Waals surface area contributed by atoms with Crippen molar-refractivity contribution in [2.45, 2.75) is 11.7 Å². The number of halogens is 1. The summed E-state index contributed by atoms with van der Waals surface area (Å²) in [7, 11) is 1.33. The van der Waals surface area contributed by atoms with Crippen LogP contribution < -0.4 is 4.90 Å². The van der Waals surface area contributed by atoms with Gasteiger partial charge in [-0.25, -0.2) is 0 Å². The molecule has 114 valence electrons. The minimum atomic E-state index is -0.750. The third-order valence-corrected chi connectivity index (χ3v) is 5.04. The van der Waals surface area contributed by atoms with Crippen molar-refractivity contribution in [2.75, 3.05) is 18.6 Å². The van der Waals surface area contributed by atoms with Gasteiger partial charge in [0, 0.05) is 0 Å². The van der Waals surface area contributed by atoms with E-state index in [-0.39, 0.29) is 12.0 Å². The number of carbonyl (C=O) groups is 2. The van der Waals surface area contributed by atoms with Crippen LogP contribution in [0.15, 0.2) is 36.4 Å². The summed E-state index contributed by atoms with van der Waals surface area (Å²) >= 11 is 6.21. The van der Waals surface area contributed by atoms with E-state index < -0.39 is 23.4 Å². The Morgan fingerprint density at radius 3 is 2.95 bits per heavy atom. The van der Waals surface area contributed by atoms with Crippen LogP contribution in [0.25, 0.3) is 0 Å². The van der Waals surface area contributed by atoms with Gasteiger partial charge in [0.2, 0.25) is 5.91 Å². The van der Waals surface area contributed by atoms with Crippen LogP contribution in [0.2, 0.25) is 5.02 Å². The van der Waals surface area contributed by atoms with Gasteiger partial charge in [0.25, 0.3) is 0 Å². The molecule has 1 spiro atoms. The Balaban J connectivity index is 1.75. The van der Waals surface area contributed by atoms with Crippen molar-refractivity contribution >= 4 is 29.2 Å². The molecule has 1 amide bonds. The quantitative estimate of drug-likeness (QED) is 0.616. The van der Waals surface area contributed by atoms with Gasteiger partial charge in [-0.1, -0.05) is 35.9 Å². The molecule has 3 aliphatic heterocycles. The number of rotatable bonds is 2. The Morgan fingerprint density at radius 1 is 1.45 bits per heavy atom. The van der Waals surface area contributed by atoms with Crippen LogP contribution in [0.1, 0.15) is 0 Å². The van der Waals surface area contributed by atoms with E-state index in [4.69, 9.17) is 21.1 Å². The first-order valence-corrected chi connectivity index (χ1v) is 7.46. The fourth-order valence-electron chi connectivity index (χ4n) is 3.78. The van der Waals surface area contributed by atoms with Crippen LogP contribution in [0.4, 0.5) is 5.69 Å². The van der Waals surface area contributed by atoms with Crippen molar-refractivity contribution in [3.8, 4) is 0 Å². The molecule has 2 bridgehead atoms. The maximum Gasteiger partial charge on any atom is 0.312 e. The first-order valence-electron chi connectivity index (χ1n) is 7.08. The minimum absolute atomic E-state index is 0.143. The molecule has 1 aromatic carbocycles. The van der Waals surface area contributed by atoms with Gasteiger partial charge in [0.15, 0.2) is 0 Å². The molecule has 2 saturated heterocycles. The first-order chi connectivity index (χ1) is 10.6. The molecule has 4 rings (SSSR count). The van der Waals surface area contributed by atoms with Gasteiger partial charge in [-0.3, -0.25) is 9.59 Å². The lowest BCUT2D eigenvalue weighted by atomic mass is 9.77. The molecule has 0 aromatic heterocycles. The zero-order valence-corrected chi connectivity index (χ0v) is 12.6. The number of ether oxygens (including phenoxy) is 2. The van der Waals surface area contributed by atoms with Crippen LogP contribution in [0.5, 0.6) is 0 Å². The number of anilines is 1. The smallest absolute Gasteiger partial charge is 0.312 e. The van der Waals surface area contributed by atoms with E-state index in [2.05, 4.69) is 0 Å². The number of fused-ring (bicyclic) bond motifs is 1. The van der Waals surface area contributed by atoms with Crippen molar-refractivity contribution in [2.24, 2.45) is 11.8 Å². The predicted octanol–water partition coefficient (Wildman–Crippen LogP) is 1.80. The van der Waals surface area contributed by atoms with Gasteiger partial charge in [-0.05, 0) is 12.1 Å². The lowest BCUT2D eigenvalue weighted by Crippen LogP contribution is -2.39. The van der Waals surface area contributed by atoms with E-state index in [0.717, 1.165) is 0 Å². The molecule has 6 heteroatoms. The van der Waals surface area contributed by atoms with E-state index in [1.807, 2.05) is 24.3 Å². The lowest BCUT2D eigenvalue weighted by Gasteiger charge is -2.22. The molecule has 0 N–H and O–H groups in total. The second-order valence-corrected chi connectivity index (χ2v) is 6.21. The van der Waals surface area contributed by atoms with E-state index in [1.165, 1.54) is 7.11 Å². The topological polar surface area (TPSA) is 55.8 Å². The molecular weight excluding hydrogens is 306 g/mol. The average molecular weight is 320 g/mol. The summed E-state index contributed by atoms with van der Waals surface area (Å²) in [6, 6.07) is 7.17. The summed E-state index contributed by atoms with van der Waals surface area (Å²) < 4.78 is 10.8. The SMILES string of the molecule is COC(=O)[C@@H]1[C@@H]2C=C[C@]3(CN(c4ccccc4Cl)C(=O)[C@H]13)O2. The minimum Gasteiger partial charge on any atom is -0.469 e. The molecule has 1 aromatic rings. The summed E-state index contributed by atoms with van der Waals surface area (Å²) in [5.41, 5.74) is -0.109. The van der Waals surface area contributed by atoms with Crippen molar-refractivity contribution in [1.82, 2.24) is 0 Å². The Bertz CT molecular complexity index is 703. The maximum atomic E-state index is 12.9. The van der Waals surface area contributed by atoms with Crippen LogP contribution >= 0.6 is 11.6 Å². The molecule has 5 nitrogen and oxygen atoms in total. The Kier molecular flexibility index (Phi) is 2.86. The van der Waals surface area contributed by atoms with Crippen molar-refractivity contribution in [3.63, 3.8) is 0 Å². The number of hydrogen-bond donors (Lipinski definition) is 0. The normalized spacial score (nSPS) is 35.1. The summed E-state index contributed by atoms with van der Waals surface area (Å²) in [5.74, 6) is -1.69. The van der Waals surface area contributed by atoms with E-state index >= 15 is 0 Å². The van der Waals surface area contributed by atoms with Crippen LogP contribution in [-0.2, 0) is 19.1 Å². The van der Waals surface area contributed by atoms with Crippen LogP contribution in [0.3, 0.4) is 0 Å². The Morgan fingerprint density at radius 2 is 2.23 bits per heavy atom. The molecule has 0 unspecified atom stereocenters. The highest BCUT2D eigenvalue weighted by Gasteiger charge is 2.67. The van der Waals surface area contributed by atoms with Crippen molar-refractivity contribution in [1.29, 1.82) is 0 Å². The maximum absolute atomic E-state index is 12.9. The summed E-state index contributed by atoms with van der Waals surface area (Å²) in [6.07, 6.45) is 3.37. The second kappa shape index (κ2) is 4.57. The predicted molar refractivity (Wildman–Crippen MR) is 79.5 cm³/mol. The number of hydrogen-bond acceptors (Lipinski definition) is 4. The molecule has 0 aliphatic carbocycles. The molecule has 0 saturated carbocycles. The highest BCUT2D eigenvalue weighted by Crippen LogP contribution is 2.53. The van der Waals surface area contributed by atoms with Gasteiger partial charge in [0.05, 0.1) is 36.4 Å². The number of esters is 1. The molecule has 3 aliphatic rings. The van der Waals surface area contributed by atoms with Crippen LogP contribution in [0, 0.1) is 11.8 Å². The zero-order chi connectivity index (χ0) is 15.5. The monoisotopic (exact) mass is 319 g/mol. The average Bonchev–Trinajstić information content (AvgIpc) is 3.15. The zero-order valence-electron chi connectivity index (χ0n) is 11.9. The fourth-order valence-corrected chi connectivity index (χ4v) is 4.02. The van der Waals surface area contributed by atoms with E-state index in [9.17, 15) is 9.59 Å². The number of nitrogens with zero attached hydrogens (tertiary/aromatic N) is 1. The molecule has 3 heterocycles. The molecule has 0 radical (unpaired) electrons. The summed E-state index contributed by atoms with van der Waals surface area (Å²) in [6.45, 7) is 0.362. The lowest BCUT2D eigenvalue weighted by molar-refractivity contribution is -0.149. The Labute approximate surface area is 132 Å². The Hall–Kier alpha value is -1.85. The summed E-state index contributed by atoms with van der Waals surface area (Å²) in [5, 5.41) is 0.500. The largest absolute Gasteiger partial charge is 0.469 e. The third kappa shape index (κ3) is 1.63. The first kappa shape index (κ1) is 13.8. The van der Waals surface area contributed by atoms with Gasteiger partial charge >= 0.3 is 5.97 Å². The van der Waals surface area contributed by atoms with E-state index in [0.29, 0.717) is 17.3 Å². The second-order valence-electron chi connectivity index (χ2n) is 5.80. The van der Waals surface area contributed by atoms with Gasteiger partial charge in [-0.15, -0.1) is 0 Å². The van der Waals surface area contributed by atoms with E-state index in [1.54, 1.807) is 17.0 Å². The van der Waals surface area contributed by atoms with Gasteiger partial charge < -0.3 is 14.4 Å². The number of para-hydroxylation sites is 1. The van der Waals surface area contributed by atoms with Gasteiger partial charge in [-0.2, -0.15) is 0 Å². The van der Waals surface area contributed by atoms with Crippen molar-refractivity contribution < 1.29 is 19.1 Å². The third-order valence-electron chi connectivity index (χ3n) is 4.72. The highest BCUT2D eigenvalue weighted by molar-refractivity contribution is 6.34. The highest BCUT2D eigenvalue weighted by atomic mass is 35.5. The molecule has 4 atom stereocenters. The number of carbonyl (C=O) groups excluding carboxylic acids is 2. The number of methoxy groups -OCH3 is 1. The standard InChI is InChI=1S/C16H14ClNO4/c1-21-15(20)12-11-6-7-16(22-11)8-18(14(19)13(12)16)10-5-3-2-4-9(10)17/h2-7,11-13H,8H2,1H3/t11-,12+,13-,16+/m0/s1. The fraction of sp³-hybridized carbons (Fsp3) is 0.375. The van der Waals surface area contributed by atoms with Crippen LogP contribution in [-0.4, -0.2) is 37.2 Å². The molecule has 22 heavy (non-hydrogen) atoms. The van der Waals surface area contributed by atoms with Crippen molar-refractivity contribution in [3.05, 3.63) is 41.4 Å². The molecule has 2 fully saturated rings. The van der Waals surface area contributed by atoms with Gasteiger partial charge in [0.1, 0.15) is 11.5 Å². The summed E-state index contributed by atoms with van der Waals surface area (Å²) in [4.78, 5) is 26.6.